The zero-order valence-electron chi connectivity index (χ0n) is 20.0. The van der Waals surface area contributed by atoms with E-state index in [-0.39, 0.29) is 25.6 Å². The zero-order chi connectivity index (χ0) is 26.4. The lowest BCUT2D eigenvalue weighted by Crippen LogP contribution is -2.51. The number of nitrogens with zero attached hydrogens (tertiary/aromatic N) is 5. The van der Waals surface area contributed by atoms with Gasteiger partial charge in [-0.25, -0.2) is 18.7 Å². The van der Waals surface area contributed by atoms with Crippen molar-refractivity contribution >= 4 is 22.8 Å². The Morgan fingerprint density at radius 2 is 1.84 bits per heavy atom. The molecule has 198 valence electrons. The molecule has 0 unspecified atom stereocenters. The van der Waals surface area contributed by atoms with Gasteiger partial charge in [-0.2, -0.15) is 13.2 Å². The molecule has 1 saturated heterocycles. The van der Waals surface area contributed by atoms with Gasteiger partial charge in [0, 0.05) is 31.2 Å². The topological polar surface area (TPSA) is 80.3 Å². The Morgan fingerprint density at radius 1 is 1.11 bits per heavy atom. The number of hydrogen-bond acceptors (Lipinski definition) is 5. The molecular formula is C25H27F5N6O. The van der Waals surface area contributed by atoms with Crippen molar-refractivity contribution in [3.05, 3.63) is 54.0 Å². The molecule has 1 aromatic carbocycles. The third kappa shape index (κ3) is 5.53. The number of amides is 1. The molecule has 37 heavy (non-hydrogen) atoms. The minimum atomic E-state index is -4.40. The van der Waals surface area contributed by atoms with E-state index in [1.54, 1.807) is 16.8 Å². The average Bonchev–Trinajstić information content (AvgIpc) is 3.58. The third-order valence-corrected chi connectivity index (χ3v) is 7.05. The fourth-order valence-corrected chi connectivity index (χ4v) is 5.00. The Morgan fingerprint density at radius 3 is 2.46 bits per heavy atom. The summed E-state index contributed by atoms with van der Waals surface area (Å²) >= 11 is 0. The van der Waals surface area contributed by atoms with Crippen LogP contribution in [0.25, 0.3) is 11.0 Å². The summed E-state index contributed by atoms with van der Waals surface area (Å²) in [4.78, 5) is 23.4. The summed E-state index contributed by atoms with van der Waals surface area (Å²) in [7, 11) is 0. The standard InChI is InChI=1S/C25H27F5N6O/c26-24(27)14-34(13-21(31)37)9-7-18(24)12-35-10-8-20-22(35)32-15-33-23(20)36(19-5-6-19)11-16-1-3-17(4-2-16)25(28,29)30/h1-4,8,10,15,18-19H,5-7,9,11-14H2,(H2,31,37)/t18-/m0/s1. The number of hydrogen-bond donors (Lipinski definition) is 1. The van der Waals surface area contributed by atoms with E-state index < -0.39 is 36.0 Å². The molecule has 5 rings (SSSR count). The van der Waals surface area contributed by atoms with Crippen LogP contribution in [0.15, 0.2) is 42.9 Å². The number of benzene rings is 1. The highest BCUT2D eigenvalue weighted by Crippen LogP contribution is 2.38. The molecule has 0 radical (unpaired) electrons. The molecule has 1 atom stereocenters. The zero-order valence-corrected chi connectivity index (χ0v) is 20.0. The Hall–Kier alpha value is -3.28. The molecule has 2 aromatic heterocycles. The summed E-state index contributed by atoms with van der Waals surface area (Å²) in [6, 6.07) is 7.07. The number of anilines is 1. The second-order valence-corrected chi connectivity index (χ2v) is 9.88. The fourth-order valence-electron chi connectivity index (χ4n) is 5.00. The van der Waals surface area contributed by atoms with Gasteiger partial charge in [-0.1, -0.05) is 12.1 Å². The molecule has 3 aromatic rings. The van der Waals surface area contributed by atoms with Crippen LogP contribution < -0.4 is 10.6 Å². The lowest BCUT2D eigenvalue weighted by Gasteiger charge is -2.38. The van der Waals surface area contributed by atoms with Crippen molar-refractivity contribution < 1.29 is 26.7 Å². The van der Waals surface area contributed by atoms with E-state index in [1.165, 1.54) is 23.4 Å². The van der Waals surface area contributed by atoms with Crippen molar-refractivity contribution in [2.75, 3.05) is 24.5 Å². The minimum absolute atomic E-state index is 0.0553. The molecule has 7 nitrogen and oxygen atoms in total. The van der Waals surface area contributed by atoms with Crippen LogP contribution in [0, 0.1) is 5.92 Å². The third-order valence-electron chi connectivity index (χ3n) is 7.05. The molecule has 0 bridgehead atoms. The van der Waals surface area contributed by atoms with Gasteiger partial charge in [0.2, 0.25) is 5.91 Å². The number of rotatable bonds is 8. The summed E-state index contributed by atoms with van der Waals surface area (Å²) < 4.78 is 70.4. The number of primary amides is 1. The number of carbonyl (C=O) groups excluding carboxylic acids is 1. The molecule has 2 fully saturated rings. The first-order chi connectivity index (χ1) is 17.5. The Kier molecular flexibility index (Phi) is 6.55. The number of piperidine rings is 1. The van der Waals surface area contributed by atoms with E-state index in [9.17, 15) is 26.7 Å². The molecule has 1 saturated carbocycles. The number of fused-ring (bicyclic) bond motifs is 1. The van der Waals surface area contributed by atoms with Gasteiger partial charge in [0.1, 0.15) is 17.8 Å². The van der Waals surface area contributed by atoms with E-state index in [0.29, 0.717) is 35.5 Å². The van der Waals surface area contributed by atoms with Gasteiger partial charge < -0.3 is 15.2 Å². The average molecular weight is 523 g/mol. The molecule has 0 spiro atoms. The molecular weight excluding hydrogens is 495 g/mol. The number of alkyl halides is 5. The van der Waals surface area contributed by atoms with Gasteiger partial charge in [0.15, 0.2) is 0 Å². The molecule has 12 heteroatoms. The van der Waals surface area contributed by atoms with E-state index >= 15 is 0 Å². The lowest BCUT2D eigenvalue weighted by atomic mass is 9.92. The Balaban J connectivity index is 1.36. The maximum Gasteiger partial charge on any atom is 0.416 e. The smallest absolute Gasteiger partial charge is 0.369 e. The summed E-state index contributed by atoms with van der Waals surface area (Å²) in [5, 5.41) is 0.704. The van der Waals surface area contributed by atoms with E-state index in [4.69, 9.17) is 5.73 Å². The van der Waals surface area contributed by atoms with E-state index in [0.717, 1.165) is 25.0 Å². The SMILES string of the molecule is NC(=O)CN1CC[C@@H](Cn2ccc3c(N(Cc4ccc(C(F)(F)F)cc4)C4CC4)ncnc32)C(F)(F)C1. The summed E-state index contributed by atoms with van der Waals surface area (Å²) in [5.74, 6) is -3.93. The predicted molar refractivity (Wildman–Crippen MR) is 127 cm³/mol. The number of carbonyl (C=O) groups is 1. The van der Waals surface area contributed by atoms with Gasteiger partial charge in [0.05, 0.1) is 24.0 Å². The molecule has 3 heterocycles. The van der Waals surface area contributed by atoms with Crippen LogP contribution >= 0.6 is 0 Å². The van der Waals surface area contributed by atoms with Gasteiger partial charge in [0.25, 0.3) is 5.92 Å². The van der Waals surface area contributed by atoms with E-state index in [2.05, 4.69) is 9.97 Å². The van der Waals surface area contributed by atoms with Crippen molar-refractivity contribution in [2.24, 2.45) is 11.7 Å². The maximum atomic E-state index is 14.9. The molecule has 1 amide bonds. The monoisotopic (exact) mass is 522 g/mol. The van der Waals surface area contributed by atoms with Crippen LogP contribution in [-0.2, 0) is 24.1 Å². The van der Waals surface area contributed by atoms with Crippen molar-refractivity contribution in [3.8, 4) is 0 Å². The quantitative estimate of drug-likeness (QED) is 0.452. The van der Waals surface area contributed by atoms with Crippen molar-refractivity contribution in [1.82, 2.24) is 19.4 Å². The lowest BCUT2D eigenvalue weighted by molar-refractivity contribution is -0.137. The van der Waals surface area contributed by atoms with E-state index in [1.807, 2.05) is 4.90 Å². The summed E-state index contributed by atoms with van der Waals surface area (Å²) in [6.45, 7) is 0.0608. The van der Waals surface area contributed by atoms with Crippen molar-refractivity contribution in [2.45, 2.75) is 50.5 Å². The number of nitrogens with two attached hydrogens (primary N) is 1. The first kappa shape index (κ1) is 25.4. The van der Waals surface area contributed by atoms with Crippen LogP contribution in [0.4, 0.5) is 27.8 Å². The normalized spacial score (nSPS) is 20.3. The van der Waals surface area contributed by atoms with Crippen LogP contribution in [0.5, 0.6) is 0 Å². The van der Waals surface area contributed by atoms with Crippen molar-refractivity contribution in [3.63, 3.8) is 0 Å². The van der Waals surface area contributed by atoms with Gasteiger partial charge in [-0.15, -0.1) is 0 Å². The Bertz CT molecular complexity index is 1270. The fraction of sp³-hybridized carbons (Fsp3) is 0.480. The summed E-state index contributed by atoms with van der Waals surface area (Å²) in [5.41, 5.74) is 5.70. The highest BCUT2D eigenvalue weighted by Gasteiger charge is 2.45. The largest absolute Gasteiger partial charge is 0.416 e. The second-order valence-electron chi connectivity index (χ2n) is 9.88. The molecule has 1 aliphatic carbocycles. The maximum absolute atomic E-state index is 14.9. The molecule has 2 aliphatic rings. The van der Waals surface area contributed by atoms with Gasteiger partial charge in [-0.3, -0.25) is 9.69 Å². The summed E-state index contributed by atoms with van der Waals surface area (Å²) in [6.07, 6.45) is 0.791. The first-order valence-corrected chi connectivity index (χ1v) is 12.1. The van der Waals surface area contributed by atoms with Crippen LogP contribution in [-0.4, -0.2) is 56.9 Å². The van der Waals surface area contributed by atoms with Crippen LogP contribution in [0.1, 0.15) is 30.4 Å². The van der Waals surface area contributed by atoms with Crippen LogP contribution in [0.3, 0.4) is 0 Å². The second kappa shape index (κ2) is 9.55. The number of halogens is 5. The van der Waals surface area contributed by atoms with Gasteiger partial charge >= 0.3 is 6.18 Å². The minimum Gasteiger partial charge on any atom is -0.369 e. The highest BCUT2D eigenvalue weighted by atomic mass is 19.4. The molecule has 2 N–H and O–H groups in total. The van der Waals surface area contributed by atoms with Crippen LogP contribution in [0.2, 0.25) is 0 Å². The Labute approximate surface area is 210 Å². The van der Waals surface area contributed by atoms with Crippen molar-refractivity contribution in [1.29, 1.82) is 0 Å². The van der Waals surface area contributed by atoms with Gasteiger partial charge in [-0.05, 0) is 49.6 Å². The first-order valence-electron chi connectivity index (χ1n) is 12.1. The highest BCUT2D eigenvalue weighted by molar-refractivity contribution is 5.88. The number of likely N-dealkylation sites (tertiary alicyclic amines) is 1. The predicted octanol–water partition coefficient (Wildman–Crippen LogP) is 4.06. The molecule has 1 aliphatic heterocycles. The number of aromatic nitrogens is 3.